The molecule has 36 heavy (non-hydrogen) atoms. The van der Waals surface area contributed by atoms with Crippen LogP contribution in [0.5, 0.6) is 11.5 Å². The minimum Gasteiger partial charge on any atom is -0.493 e. The fourth-order valence-corrected chi connectivity index (χ4v) is 3.89. The SMILES string of the molecule is COc1cc(/C=C(/C#N)C(=O)Nc2cccc(C(=O)O)c2)cc(I)c1OCc1ccc(C(=O)O)cc1. The van der Waals surface area contributed by atoms with E-state index in [-0.39, 0.29) is 29.0 Å². The molecule has 9 nitrogen and oxygen atoms in total. The van der Waals surface area contributed by atoms with E-state index in [1.54, 1.807) is 24.3 Å². The highest BCUT2D eigenvalue weighted by atomic mass is 127. The largest absolute Gasteiger partial charge is 0.493 e. The number of carboxylic acid groups (broad SMARTS) is 2. The molecule has 3 rings (SSSR count). The summed E-state index contributed by atoms with van der Waals surface area (Å²) in [5.74, 6) is -2.02. The lowest BCUT2D eigenvalue weighted by Crippen LogP contribution is -2.14. The van der Waals surface area contributed by atoms with Crippen molar-refractivity contribution < 1.29 is 34.1 Å². The van der Waals surface area contributed by atoms with E-state index in [1.165, 1.54) is 49.6 Å². The van der Waals surface area contributed by atoms with E-state index in [0.29, 0.717) is 20.6 Å². The van der Waals surface area contributed by atoms with E-state index in [4.69, 9.17) is 19.7 Å². The van der Waals surface area contributed by atoms with Gasteiger partial charge in [-0.25, -0.2) is 9.59 Å². The minimum atomic E-state index is -1.14. The molecule has 0 spiro atoms. The first-order chi connectivity index (χ1) is 17.2. The monoisotopic (exact) mass is 598 g/mol. The van der Waals surface area contributed by atoms with Crippen molar-refractivity contribution in [3.05, 3.63) is 92.1 Å². The quantitative estimate of drug-likeness (QED) is 0.181. The lowest BCUT2D eigenvalue weighted by molar-refractivity contribution is -0.112. The minimum absolute atomic E-state index is 0.00277. The van der Waals surface area contributed by atoms with Crippen LogP contribution in [0.4, 0.5) is 5.69 Å². The fourth-order valence-electron chi connectivity index (χ4n) is 3.11. The molecule has 0 saturated carbocycles. The van der Waals surface area contributed by atoms with Crippen molar-refractivity contribution >= 4 is 52.2 Å². The summed E-state index contributed by atoms with van der Waals surface area (Å²) in [5.41, 5.74) is 1.50. The average Bonchev–Trinajstić information content (AvgIpc) is 2.86. The number of carbonyl (C=O) groups excluding carboxylic acids is 1. The van der Waals surface area contributed by atoms with Crippen molar-refractivity contribution in [2.75, 3.05) is 12.4 Å². The third-order valence-electron chi connectivity index (χ3n) is 4.88. The Morgan fingerprint density at radius 3 is 2.33 bits per heavy atom. The number of nitrogens with zero attached hydrogens (tertiary/aromatic N) is 1. The highest BCUT2D eigenvalue weighted by molar-refractivity contribution is 14.1. The molecule has 3 N–H and O–H groups in total. The maximum atomic E-state index is 12.6. The number of anilines is 1. The van der Waals surface area contributed by atoms with Gasteiger partial charge in [-0.3, -0.25) is 4.79 Å². The number of hydrogen-bond acceptors (Lipinski definition) is 6. The number of amides is 1. The van der Waals surface area contributed by atoms with Gasteiger partial charge in [0.2, 0.25) is 0 Å². The molecule has 0 atom stereocenters. The molecule has 0 saturated heterocycles. The fraction of sp³-hybridized carbons (Fsp3) is 0.0769. The number of rotatable bonds is 9. The smallest absolute Gasteiger partial charge is 0.335 e. The highest BCUT2D eigenvalue weighted by Crippen LogP contribution is 2.35. The van der Waals surface area contributed by atoms with E-state index >= 15 is 0 Å². The van der Waals surface area contributed by atoms with Gasteiger partial charge in [0, 0.05) is 5.69 Å². The van der Waals surface area contributed by atoms with Gasteiger partial charge in [0.1, 0.15) is 18.2 Å². The number of methoxy groups -OCH3 is 1. The maximum Gasteiger partial charge on any atom is 0.335 e. The highest BCUT2D eigenvalue weighted by Gasteiger charge is 2.15. The average molecular weight is 598 g/mol. The third-order valence-corrected chi connectivity index (χ3v) is 5.68. The molecule has 0 unspecified atom stereocenters. The van der Waals surface area contributed by atoms with Gasteiger partial charge in [-0.15, -0.1) is 0 Å². The number of aromatic carboxylic acids is 2. The summed E-state index contributed by atoms with van der Waals surface area (Å²) in [7, 11) is 1.46. The van der Waals surface area contributed by atoms with Gasteiger partial charge < -0.3 is 25.0 Å². The summed E-state index contributed by atoms with van der Waals surface area (Å²) in [6.45, 7) is 0.169. The molecule has 0 aliphatic rings. The predicted molar refractivity (Wildman–Crippen MR) is 139 cm³/mol. The number of halogens is 1. The van der Waals surface area contributed by atoms with Crippen molar-refractivity contribution in [3.63, 3.8) is 0 Å². The Bertz CT molecular complexity index is 1390. The van der Waals surface area contributed by atoms with E-state index in [0.717, 1.165) is 5.56 Å². The van der Waals surface area contributed by atoms with Gasteiger partial charge >= 0.3 is 11.9 Å². The summed E-state index contributed by atoms with van der Waals surface area (Å²) >= 11 is 2.05. The zero-order valence-electron chi connectivity index (χ0n) is 18.8. The Labute approximate surface area is 219 Å². The van der Waals surface area contributed by atoms with Crippen LogP contribution < -0.4 is 14.8 Å². The van der Waals surface area contributed by atoms with Crippen LogP contribution in [0, 0.1) is 14.9 Å². The molecule has 0 aliphatic heterocycles. The van der Waals surface area contributed by atoms with E-state index in [9.17, 15) is 19.6 Å². The molecule has 0 aliphatic carbocycles. The second-order valence-electron chi connectivity index (χ2n) is 7.33. The zero-order chi connectivity index (χ0) is 26.2. The first-order valence-corrected chi connectivity index (χ1v) is 11.4. The molecule has 0 heterocycles. The summed E-state index contributed by atoms with van der Waals surface area (Å²) in [6, 6.07) is 17.2. The molecule has 3 aromatic rings. The van der Waals surface area contributed by atoms with Gasteiger partial charge in [-0.2, -0.15) is 5.26 Å². The van der Waals surface area contributed by atoms with Crippen LogP contribution >= 0.6 is 22.6 Å². The van der Waals surface area contributed by atoms with Crippen molar-refractivity contribution in [2.45, 2.75) is 6.61 Å². The van der Waals surface area contributed by atoms with Gasteiger partial charge in [0.05, 0.1) is 21.8 Å². The normalized spacial score (nSPS) is 10.8. The second-order valence-corrected chi connectivity index (χ2v) is 8.50. The molecular weight excluding hydrogens is 579 g/mol. The summed E-state index contributed by atoms with van der Waals surface area (Å²) in [6.07, 6.45) is 1.38. The molecule has 182 valence electrons. The van der Waals surface area contributed by atoms with E-state index in [1.807, 2.05) is 28.7 Å². The number of hydrogen-bond donors (Lipinski definition) is 3. The molecule has 1 amide bonds. The maximum absolute atomic E-state index is 12.6. The molecule has 0 radical (unpaired) electrons. The summed E-state index contributed by atoms with van der Waals surface area (Å²) in [4.78, 5) is 34.8. The molecular formula is C26H19IN2O7. The number of nitriles is 1. The molecule has 3 aromatic carbocycles. The molecule has 0 bridgehead atoms. The zero-order valence-corrected chi connectivity index (χ0v) is 21.0. The van der Waals surface area contributed by atoms with Gasteiger partial charge in [-0.05, 0) is 82.3 Å². The Morgan fingerprint density at radius 2 is 1.72 bits per heavy atom. The van der Waals surface area contributed by atoms with Crippen LogP contribution in [0.3, 0.4) is 0 Å². The Kier molecular flexibility index (Phi) is 8.64. The third kappa shape index (κ3) is 6.61. The van der Waals surface area contributed by atoms with Crippen molar-refractivity contribution in [1.82, 2.24) is 0 Å². The summed E-state index contributed by atoms with van der Waals surface area (Å²) < 4.78 is 12.0. The van der Waals surface area contributed by atoms with Crippen molar-refractivity contribution in [2.24, 2.45) is 0 Å². The van der Waals surface area contributed by atoms with Gasteiger partial charge in [-0.1, -0.05) is 18.2 Å². The number of carbonyl (C=O) groups is 3. The van der Waals surface area contributed by atoms with Crippen LogP contribution in [0.2, 0.25) is 0 Å². The number of carboxylic acids is 2. The van der Waals surface area contributed by atoms with Crippen LogP contribution in [-0.4, -0.2) is 35.2 Å². The predicted octanol–water partition coefficient (Wildman–Crippen LogP) is 4.82. The van der Waals surface area contributed by atoms with Crippen LogP contribution in [-0.2, 0) is 11.4 Å². The van der Waals surface area contributed by atoms with Crippen LogP contribution in [0.25, 0.3) is 6.08 Å². The molecule has 10 heteroatoms. The van der Waals surface area contributed by atoms with E-state index in [2.05, 4.69) is 5.32 Å². The lowest BCUT2D eigenvalue weighted by atomic mass is 10.1. The number of ether oxygens (including phenoxy) is 2. The standard InChI is InChI=1S/C26H19IN2O7/c1-35-22-11-16(9-19(13-28)24(30)29-20-4-2-3-18(12-20)26(33)34)10-21(27)23(22)36-14-15-5-7-17(8-6-15)25(31)32/h2-12H,14H2,1H3,(H,29,30)(H,31,32)(H,33,34)/b19-9-. The first-order valence-electron chi connectivity index (χ1n) is 10.3. The molecule has 0 fully saturated rings. The second kappa shape index (κ2) is 11.9. The van der Waals surface area contributed by atoms with Crippen LogP contribution in [0.15, 0.2) is 66.2 Å². The summed E-state index contributed by atoms with van der Waals surface area (Å²) in [5, 5.41) is 30.2. The number of nitrogens with one attached hydrogen (secondary N) is 1. The van der Waals surface area contributed by atoms with Crippen molar-refractivity contribution in [3.8, 4) is 17.6 Å². The Hall–Kier alpha value is -4.37. The van der Waals surface area contributed by atoms with Gasteiger partial charge in [0.25, 0.3) is 5.91 Å². The Morgan fingerprint density at radius 1 is 1.03 bits per heavy atom. The van der Waals surface area contributed by atoms with Crippen LogP contribution in [0.1, 0.15) is 31.8 Å². The molecule has 0 aromatic heterocycles. The first kappa shape index (κ1) is 26.2. The topological polar surface area (TPSA) is 146 Å². The lowest BCUT2D eigenvalue weighted by Gasteiger charge is -2.14. The number of benzene rings is 3. The van der Waals surface area contributed by atoms with Crippen molar-refractivity contribution in [1.29, 1.82) is 5.26 Å². The van der Waals surface area contributed by atoms with Gasteiger partial charge in [0.15, 0.2) is 11.5 Å². The van der Waals surface area contributed by atoms with E-state index < -0.39 is 17.8 Å². The Balaban J connectivity index is 1.79.